The second-order valence-electron chi connectivity index (χ2n) is 5.08. The number of halogens is 4. The Hall–Kier alpha value is -2.94. The molecule has 130 valence electrons. The van der Waals surface area contributed by atoms with Crippen LogP contribution in [-0.4, -0.2) is 13.8 Å². The zero-order valence-corrected chi connectivity index (χ0v) is 13.1. The molecular weight excluding hydrogens is 361 g/mol. The van der Waals surface area contributed by atoms with Gasteiger partial charge in [-0.25, -0.2) is 14.0 Å². The van der Waals surface area contributed by atoms with Crippen molar-refractivity contribution >= 4 is 11.6 Å². The minimum atomic E-state index is -4.93. The molecule has 0 amide bonds. The van der Waals surface area contributed by atoms with E-state index in [9.17, 15) is 22.8 Å². The summed E-state index contributed by atoms with van der Waals surface area (Å²) in [6.07, 6.45) is -1.46. The summed E-state index contributed by atoms with van der Waals surface area (Å²) in [5.41, 5.74) is -3.45. The van der Waals surface area contributed by atoms with Crippen LogP contribution in [0.25, 0.3) is 11.4 Å². The van der Waals surface area contributed by atoms with E-state index in [0.717, 1.165) is 0 Å². The first kappa shape index (κ1) is 16.9. The van der Waals surface area contributed by atoms with Gasteiger partial charge in [-0.15, -0.1) is 0 Å². The molecule has 1 aromatic carbocycles. The first-order chi connectivity index (χ1) is 11.7. The first-order valence-electron chi connectivity index (χ1n) is 6.85. The van der Waals surface area contributed by atoms with Gasteiger partial charge < -0.3 is 10.4 Å². The maximum Gasteiger partial charge on any atom is 0.433 e. The average molecular weight is 371 g/mol. The Kier molecular flexibility index (Phi) is 3.96. The number of nitrogen functional groups attached to an aromatic ring is 1. The molecule has 0 spiro atoms. The molecule has 6 nitrogen and oxygen atoms in total. The van der Waals surface area contributed by atoms with Crippen molar-refractivity contribution in [3.05, 3.63) is 80.3 Å². The Morgan fingerprint density at radius 2 is 1.68 bits per heavy atom. The van der Waals surface area contributed by atoms with Gasteiger partial charge in [-0.1, -0.05) is 11.6 Å². The Balaban J connectivity index is 2.18. The molecule has 0 fully saturated rings. The largest absolute Gasteiger partial charge is 0.433 e. The minimum absolute atomic E-state index is 0.00355. The van der Waals surface area contributed by atoms with Gasteiger partial charge in [-0.05, 0) is 30.3 Å². The minimum Gasteiger partial charge on any atom is -0.335 e. The van der Waals surface area contributed by atoms with Gasteiger partial charge >= 0.3 is 11.9 Å². The maximum absolute atomic E-state index is 12.8. The lowest BCUT2D eigenvalue weighted by Crippen LogP contribution is -2.45. The Labute approximate surface area is 143 Å². The van der Waals surface area contributed by atoms with Crippen LogP contribution in [-0.2, 0) is 6.18 Å². The predicted molar refractivity (Wildman–Crippen MR) is 85.8 cm³/mol. The van der Waals surface area contributed by atoms with Crippen LogP contribution in [0, 0.1) is 0 Å². The molecule has 0 radical (unpaired) electrons. The van der Waals surface area contributed by atoms with Gasteiger partial charge in [0.25, 0.3) is 5.56 Å². The Morgan fingerprint density at radius 3 is 2.24 bits per heavy atom. The van der Waals surface area contributed by atoms with Crippen molar-refractivity contribution in [1.82, 2.24) is 13.8 Å². The first-order valence-corrected chi connectivity index (χ1v) is 7.22. The lowest BCUT2D eigenvalue weighted by molar-refractivity contribution is -0.143. The number of nitrogens with zero attached hydrogens (tertiary/aromatic N) is 3. The van der Waals surface area contributed by atoms with Crippen LogP contribution in [0.4, 0.5) is 13.2 Å². The van der Waals surface area contributed by atoms with Crippen molar-refractivity contribution in [1.29, 1.82) is 0 Å². The smallest absolute Gasteiger partial charge is 0.335 e. The molecule has 25 heavy (non-hydrogen) atoms. The fraction of sp³-hybridized carbons (Fsp3) is 0.0667. The van der Waals surface area contributed by atoms with E-state index in [0.29, 0.717) is 10.3 Å². The summed E-state index contributed by atoms with van der Waals surface area (Å²) < 4.78 is 40.5. The summed E-state index contributed by atoms with van der Waals surface area (Å²) >= 11 is 6.16. The van der Waals surface area contributed by atoms with Crippen LogP contribution in [0.1, 0.15) is 5.69 Å². The van der Waals surface area contributed by atoms with Crippen molar-refractivity contribution < 1.29 is 13.2 Å². The molecule has 10 heteroatoms. The number of hydrogen-bond donors (Lipinski definition) is 1. The van der Waals surface area contributed by atoms with Crippen LogP contribution in [0.3, 0.4) is 0 Å². The van der Waals surface area contributed by atoms with Crippen LogP contribution >= 0.6 is 11.6 Å². The third kappa shape index (κ3) is 2.93. The third-order valence-electron chi connectivity index (χ3n) is 3.50. The van der Waals surface area contributed by atoms with Gasteiger partial charge in [-0.2, -0.15) is 13.2 Å². The topological polar surface area (TPSA) is 74.9 Å². The van der Waals surface area contributed by atoms with Crippen molar-refractivity contribution in [3.8, 4) is 11.4 Å². The summed E-state index contributed by atoms with van der Waals surface area (Å²) in [6, 6.07) is 8.02. The summed E-state index contributed by atoms with van der Waals surface area (Å²) in [5.74, 6) is 5.21. The van der Waals surface area contributed by atoms with Crippen LogP contribution in [0.15, 0.2) is 58.4 Å². The second-order valence-corrected chi connectivity index (χ2v) is 5.49. The van der Waals surface area contributed by atoms with Crippen molar-refractivity contribution in [2.75, 3.05) is 5.84 Å². The molecule has 0 saturated heterocycles. The monoisotopic (exact) mass is 370 g/mol. The predicted octanol–water partition coefficient (Wildman–Crippen LogP) is 2.18. The second kappa shape index (κ2) is 5.85. The number of aromatic nitrogens is 3. The van der Waals surface area contributed by atoms with Gasteiger partial charge in [0.15, 0.2) is 5.69 Å². The number of hydrogen-bond acceptors (Lipinski definition) is 3. The van der Waals surface area contributed by atoms with E-state index in [2.05, 4.69) is 0 Å². The lowest BCUT2D eigenvalue weighted by atomic mass is 10.2. The summed E-state index contributed by atoms with van der Waals surface area (Å²) in [6.45, 7) is 0. The van der Waals surface area contributed by atoms with Crippen LogP contribution in [0.5, 0.6) is 0 Å². The quantitative estimate of drug-likeness (QED) is 0.703. The third-order valence-corrected chi connectivity index (χ3v) is 3.80. The highest BCUT2D eigenvalue weighted by atomic mass is 35.5. The molecule has 0 atom stereocenters. The van der Waals surface area contributed by atoms with E-state index in [-0.39, 0.29) is 21.5 Å². The van der Waals surface area contributed by atoms with E-state index in [1.807, 2.05) is 0 Å². The van der Waals surface area contributed by atoms with E-state index >= 15 is 0 Å². The number of alkyl halides is 3. The fourth-order valence-corrected chi connectivity index (χ4v) is 2.62. The van der Waals surface area contributed by atoms with Crippen molar-refractivity contribution in [2.24, 2.45) is 0 Å². The Morgan fingerprint density at radius 1 is 1.04 bits per heavy atom. The summed E-state index contributed by atoms with van der Waals surface area (Å²) in [5, 5.41) is 0.198. The summed E-state index contributed by atoms with van der Waals surface area (Å²) in [7, 11) is 0. The number of benzene rings is 1. The SMILES string of the molecule is Nn1c(C(F)(F)F)cc(=O)n(-c2ccc(-n3cccc3)c(Cl)c2)c1=O. The van der Waals surface area contributed by atoms with E-state index in [1.54, 1.807) is 29.1 Å². The molecule has 0 unspecified atom stereocenters. The standard InChI is InChI=1S/C15H10ClF3N4O2/c16-10-7-9(3-4-11(10)21-5-1-2-6-21)22-13(24)8-12(15(17,18)19)23(20)14(22)25/h1-8H,20H2. The van der Waals surface area contributed by atoms with Gasteiger partial charge in [0.05, 0.1) is 16.4 Å². The highest BCUT2D eigenvalue weighted by molar-refractivity contribution is 6.32. The average Bonchev–Trinajstić information content (AvgIpc) is 3.04. The summed E-state index contributed by atoms with van der Waals surface area (Å²) in [4.78, 5) is 24.2. The molecular formula is C15H10ClF3N4O2. The van der Waals surface area contributed by atoms with Crippen molar-refractivity contribution in [3.63, 3.8) is 0 Å². The molecule has 3 rings (SSSR count). The number of nitrogens with two attached hydrogens (primary N) is 1. The molecule has 0 aliphatic heterocycles. The number of rotatable bonds is 2. The maximum atomic E-state index is 12.8. The van der Waals surface area contributed by atoms with Crippen LogP contribution in [0.2, 0.25) is 5.02 Å². The van der Waals surface area contributed by atoms with Crippen LogP contribution < -0.4 is 17.1 Å². The molecule has 0 aliphatic rings. The molecule has 0 aliphatic carbocycles. The normalized spacial score (nSPS) is 11.7. The van der Waals surface area contributed by atoms with E-state index < -0.39 is 23.1 Å². The fourth-order valence-electron chi connectivity index (χ4n) is 2.35. The van der Waals surface area contributed by atoms with E-state index in [4.69, 9.17) is 17.4 Å². The molecule has 0 bridgehead atoms. The van der Waals surface area contributed by atoms with E-state index in [1.165, 1.54) is 18.2 Å². The van der Waals surface area contributed by atoms with Crippen molar-refractivity contribution in [2.45, 2.75) is 6.18 Å². The molecule has 2 aromatic heterocycles. The van der Waals surface area contributed by atoms with Gasteiger partial charge in [0, 0.05) is 18.5 Å². The van der Waals surface area contributed by atoms with Gasteiger partial charge in [0.2, 0.25) is 0 Å². The highest BCUT2D eigenvalue weighted by Crippen LogP contribution is 2.27. The highest BCUT2D eigenvalue weighted by Gasteiger charge is 2.35. The molecule has 0 saturated carbocycles. The lowest BCUT2D eigenvalue weighted by Gasteiger charge is -2.14. The molecule has 3 aromatic rings. The zero-order valence-electron chi connectivity index (χ0n) is 12.4. The van der Waals surface area contributed by atoms with Gasteiger partial charge in [-0.3, -0.25) is 4.79 Å². The zero-order chi connectivity index (χ0) is 18.4. The molecule has 2 heterocycles. The Bertz CT molecular complexity index is 1050. The molecule has 2 N–H and O–H groups in total. The van der Waals surface area contributed by atoms with Gasteiger partial charge in [0.1, 0.15) is 0 Å².